The van der Waals surface area contributed by atoms with Gasteiger partial charge in [-0.25, -0.2) is 19.9 Å². The van der Waals surface area contributed by atoms with Crippen molar-refractivity contribution in [2.75, 3.05) is 90.6 Å². The highest BCUT2D eigenvalue weighted by Gasteiger charge is 2.33. The molecule has 0 aliphatic carbocycles. The summed E-state index contributed by atoms with van der Waals surface area (Å²) in [6.07, 6.45) is 5.99. The third-order valence-corrected chi connectivity index (χ3v) is 19.3. The van der Waals surface area contributed by atoms with Crippen LogP contribution in [0.4, 0.5) is 20.2 Å². The van der Waals surface area contributed by atoms with Crippen LogP contribution in [0.25, 0.3) is 45.0 Å². The van der Waals surface area contributed by atoms with E-state index < -0.39 is 23.8 Å². The van der Waals surface area contributed by atoms with Crippen molar-refractivity contribution in [1.29, 1.82) is 0 Å². The Kier molecular flexibility index (Phi) is 22.3. The zero-order valence-electron chi connectivity index (χ0n) is 53.4. The number of hydrogen-bond acceptors (Lipinski definition) is 16. The van der Waals surface area contributed by atoms with E-state index in [1.807, 2.05) is 47.5 Å². The summed E-state index contributed by atoms with van der Waals surface area (Å²) in [5.41, 5.74) is 10.5. The number of carbonyl (C=O) groups is 4. The van der Waals surface area contributed by atoms with E-state index in [-0.39, 0.29) is 59.7 Å². The number of imidazole rings is 2. The lowest BCUT2D eigenvalue weighted by Crippen LogP contribution is -2.46. The van der Waals surface area contributed by atoms with Crippen LogP contribution in [0.3, 0.4) is 0 Å². The molecule has 2 aromatic carbocycles. The van der Waals surface area contributed by atoms with Crippen molar-refractivity contribution in [3.8, 4) is 56.8 Å². The van der Waals surface area contributed by atoms with Crippen molar-refractivity contribution in [3.05, 3.63) is 151 Å². The number of pyridine rings is 4. The van der Waals surface area contributed by atoms with Crippen LogP contribution in [0.15, 0.2) is 85.2 Å². The number of likely N-dealkylation sites (tertiary alicyclic amines) is 2. The minimum atomic E-state index is -0.780. The highest BCUT2D eigenvalue weighted by molar-refractivity contribution is 6.40. The number of methoxy groups -OCH3 is 2. The van der Waals surface area contributed by atoms with Crippen molar-refractivity contribution < 1.29 is 47.6 Å². The van der Waals surface area contributed by atoms with Gasteiger partial charge in [0.2, 0.25) is 11.8 Å². The first kappa shape index (κ1) is 69.2. The third-order valence-electron chi connectivity index (χ3n) is 17.7. The van der Waals surface area contributed by atoms with Crippen molar-refractivity contribution >= 4 is 81.5 Å². The lowest BCUT2D eigenvalue weighted by molar-refractivity contribution is -0.140. The number of fused-ring (bicyclic) bond motifs is 2. The summed E-state index contributed by atoms with van der Waals surface area (Å²) in [7, 11) is 6.76. The molecule has 504 valence electrons. The second-order valence-electron chi connectivity index (χ2n) is 24.2. The standard InChI is InChI=1S/2C34H36Cl2FN7O4/c2*1-42-27-10-14-43(13-4-11-37)19-26(27)39-32(42)33(47)40-25-6-3-5-23(29(25)35)31-30(36)22(9-12-38-31)24-8-7-21(34(41-24)48-2)18-44-16-20(17-44)15-28(45)46/h2*3,5-9,12,20H,4,10-11,13-19H2,1-2H3,(H,40,47)(H,45,46). The normalized spacial score (nSPS) is 15.2. The summed E-state index contributed by atoms with van der Waals surface area (Å²) in [5, 5.41) is 25.1. The number of nitrogens with one attached hydrogen (secondary N) is 2. The highest BCUT2D eigenvalue weighted by atomic mass is 35.5. The van der Waals surface area contributed by atoms with Gasteiger partial charge in [-0.1, -0.05) is 82.8 Å². The Morgan fingerprint density at radius 1 is 0.542 bits per heavy atom. The fourth-order valence-corrected chi connectivity index (χ4v) is 14.0. The number of benzene rings is 2. The Morgan fingerprint density at radius 3 is 1.32 bits per heavy atom. The second-order valence-corrected chi connectivity index (χ2v) is 25.8. The minimum absolute atomic E-state index is 0.153. The van der Waals surface area contributed by atoms with Gasteiger partial charge in [0, 0.05) is 163 Å². The van der Waals surface area contributed by atoms with Crippen LogP contribution in [0.1, 0.15) is 80.8 Å². The smallest absolute Gasteiger partial charge is 0.303 e. The van der Waals surface area contributed by atoms with Gasteiger partial charge in [-0.15, -0.1) is 0 Å². The molecule has 0 saturated carbocycles. The molecule has 0 spiro atoms. The van der Waals surface area contributed by atoms with E-state index in [1.54, 1.807) is 75.1 Å². The summed E-state index contributed by atoms with van der Waals surface area (Å²) in [4.78, 5) is 85.2. The van der Waals surface area contributed by atoms with Gasteiger partial charge < -0.3 is 39.5 Å². The van der Waals surface area contributed by atoms with Crippen molar-refractivity contribution in [2.24, 2.45) is 25.9 Å². The number of hydrogen-bond donors (Lipinski definition) is 4. The Balaban J connectivity index is 0.000000195. The number of anilines is 2. The number of halogens is 6. The van der Waals surface area contributed by atoms with Gasteiger partial charge in [-0.2, -0.15) is 0 Å². The van der Waals surface area contributed by atoms with Crippen molar-refractivity contribution in [1.82, 2.24) is 58.6 Å². The first-order chi connectivity index (χ1) is 46.3. The van der Waals surface area contributed by atoms with Crippen LogP contribution < -0.4 is 20.1 Å². The lowest BCUT2D eigenvalue weighted by Gasteiger charge is -2.38. The van der Waals surface area contributed by atoms with Crippen LogP contribution >= 0.6 is 46.4 Å². The van der Waals surface area contributed by atoms with Crippen LogP contribution in [-0.4, -0.2) is 173 Å². The Bertz CT molecular complexity index is 3960. The maximum Gasteiger partial charge on any atom is 0.303 e. The van der Waals surface area contributed by atoms with Crippen molar-refractivity contribution in [3.63, 3.8) is 0 Å². The topological polar surface area (TPSA) is 251 Å². The number of carboxylic acid groups (broad SMARTS) is 2. The Morgan fingerprint density at radius 2 is 0.948 bits per heavy atom. The molecule has 4 N–H and O–H groups in total. The number of nitrogens with zero attached hydrogens (tertiary/aromatic N) is 12. The van der Waals surface area contributed by atoms with E-state index in [0.29, 0.717) is 156 Å². The monoisotopic (exact) mass is 1390 g/mol. The molecule has 6 aromatic heterocycles. The Hall–Kier alpha value is -8.20. The van der Waals surface area contributed by atoms with Gasteiger partial charge in [-0.05, 0) is 61.1 Å². The zero-order valence-corrected chi connectivity index (χ0v) is 56.4. The molecule has 0 atom stereocenters. The molecule has 0 unspecified atom stereocenters. The van der Waals surface area contributed by atoms with Crippen LogP contribution in [-0.2, 0) is 62.7 Å². The zero-order chi connectivity index (χ0) is 67.9. The number of aliphatic carboxylic acids is 2. The van der Waals surface area contributed by atoms with Gasteiger partial charge in [0.25, 0.3) is 11.8 Å². The molecule has 28 heteroatoms. The van der Waals surface area contributed by atoms with Gasteiger partial charge in [0.05, 0.1) is 106 Å². The molecule has 4 aliphatic heterocycles. The van der Waals surface area contributed by atoms with Crippen LogP contribution in [0.5, 0.6) is 11.8 Å². The number of alkyl halides is 2. The molecule has 0 bridgehead atoms. The van der Waals surface area contributed by atoms with Gasteiger partial charge in [-0.3, -0.25) is 57.5 Å². The molecular formula is C68H72Cl4F2N14O8. The summed E-state index contributed by atoms with van der Waals surface area (Å²) in [6.45, 7) is 7.34. The lowest BCUT2D eigenvalue weighted by atomic mass is 9.96. The number of rotatable bonds is 24. The number of carboxylic acids is 2. The number of ether oxygens (including phenoxy) is 2. The van der Waals surface area contributed by atoms with Gasteiger partial charge in [0.1, 0.15) is 0 Å². The fraction of sp³-hybridized carbons (Fsp3) is 0.382. The number of aromatic nitrogens is 8. The van der Waals surface area contributed by atoms with Gasteiger partial charge >= 0.3 is 11.9 Å². The maximum absolute atomic E-state index is 13.4. The van der Waals surface area contributed by atoms with Crippen LogP contribution in [0, 0.1) is 11.8 Å². The van der Waals surface area contributed by atoms with E-state index in [4.69, 9.17) is 76.1 Å². The predicted octanol–water partition coefficient (Wildman–Crippen LogP) is 11.5. The summed E-state index contributed by atoms with van der Waals surface area (Å²) >= 11 is 27.7. The minimum Gasteiger partial charge on any atom is -0.481 e. The van der Waals surface area contributed by atoms with Crippen LogP contribution in [0.2, 0.25) is 20.1 Å². The summed E-state index contributed by atoms with van der Waals surface area (Å²) in [5.74, 6) is -0.615. The first-order valence-electron chi connectivity index (χ1n) is 31.4. The largest absolute Gasteiger partial charge is 0.481 e. The molecule has 4 aliphatic rings. The molecule has 22 nitrogen and oxygen atoms in total. The molecule has 8 aromatic rings. The summed E-state index contributed by atoms with van der Waals surface area (Å²) < 4.78 is 40.2. The molecule has 12 rings (SSSR count). The third kappa shape index (κ3) is 15.5. The van der Waals surface area contributed by atoms with E-state index in [1.165, 1.54) is 0 Å². The molecule has 2 saturated heterocycles. The number of amides is 2. The molecule has 96 heavy (non-hydrogen) atoms. The highest BCUT2D eigenvalue weighted by Crippen LogP contribution is 2.43. The molecular weight excluding hydrogens is 1320 g/mol. The SMILES string of the molecule is COc1nc(-c2ccnc(-c3cccc(NC(=O)c4nc5c(n4C)CCN(CCCF)C5)c3Cl)c2Cl)ccc1CN1CC(CC(=O)O)C1.COc1nc(-c2ccnc(-c3cccc(NC(=O)c4nc5c(n4C)CCN(CCCF)C5)c3Cl)c2Cl)ccc1CN1CC(CC(=O)O)C1. The summed E-state index contributed by atoms with van der Waals surface area (Å²) in [6, 6.07) is 21.6. The van der Waals surface area contributed by atoms with E-state index >= 15 is 0 Å². The van der Waals surface area contributed by atoms with Crippen molar-refractivity contribution in [2.45, 2.75) is 64.7 Å². The van der Waals surface area contributed by atoms with E-state index in [0.717, 1.165) is 59.8 Å². The average molecular weight is 1390 g/mol. The second kappa shape index (κ2) is 30.9. The first-order valence-corrected chi connectivity index (χ1v) is 33.0. The van der Waals surface area contributed by atoms with E-state index in [9.17, 15) is 28.0 Å². The van der Waals surface area contributed by atoms with E-state index in [2.05, 4.69) is 50.2 Å². The quantitative estimate of drug-likeness (QED) is 0.0439. The molecule has 2 fully saturated rings. The molecule has 2 amide bonds. The maximum atomic E-state index is 13.4. The molecule has 0 radical (unpaired) electrons. The average Bonchev–Trinajstić information content (AvgIpc) is 1.73. The number of carbonyl (C=O) groups excluding carboxylic acids is 2. The Labute approximate surface area is 573 Å². The molecule has 10 heterocycles. The van der Waals surface area contributed by atoms with Gasteiger partial charge in [0.15, 0.2) is 11.6 Å². The fourth-order valence-electron chi connectivity index (χ4n) is 12.8. The predicted molar refractivity (Wildman–Crippen MR) is 362 cm³/mol.